The molecule has 1 aliphatic heterocycles. The maximum atomic E-state index is 13.2. The SMILES string of the molecule is O=C(NC[C@@H](c1ccc(F)cc1)N1CCOCC1)c1ccc([N+](=O)[O-])o1. The molecule has 0 bridgehead atoms. The monoisotopic (exact) mass is 363 g/mol. The number of benzene rings is 1. The fraction of sp³-hybridized carbons (Fsp3) is 0.353. The van der Waals surface area contributed by atoms with Crippen molar-refractivity contribution in [2.24, 2.45) is 0 Å². The minimum Gasteiger partial charge on any atom is -0.395 e. The normalized spacial score (nSPS) is 16.2. The van der Waals surface area contributed by atoms with Gasteiger partial charge in [-0.25, -0.2) is 4.39 Å². The number of ether oxygens (including phenoxy) is 1. The summed E-state index contributed by atoms with van der Waals surface area (Å²) in [5, 5.41) is 13.4. The Morgan fingerprint density at radius 2 is 1.92 bits per heavy atom. The van der Waals surface area contributed by atoms with Gasteiger partial charge in [-0.2, -0.15) is 0 Å². The van der Waals surface area contributed by atoms with Gasteiger partial charge >= 0.3 is 5.88 Å². The lowest BCUT2D eigenvalue weighted by molar-refractivity contribution is -0.402. The second-order valence-electron chi connectivity index (χ2n) is 5.82. The molecule has 1 saturated heterocycles. The molecule has 0 radical (unpaired) electrons. The Balaban J connectivity index is 1.71. The van der Waals surface area contributed by atoms with Gasteiger partial charge in [0.15, 0.2) is 5.76 Å². The molecule has 1 fully saturated rings. The van der Waals surface area contributed by atoms with Crippen LogP contribution in [0, 0.1) is 15.9 Å². The molecule has 8 nitrogen and oxygen atoms in total. The number of hydrogen-bond acceptors (Lipinski definition) is 6. The van der Waals surface area contributed by atoms with Gasteiger partial charge in [0.25, 0.3) is 5.91 Å². The molecular weight excluding hydrogens is 345 g/mol. The zero-order valence-electron chi connectivity index (χ0n) is 13.9. The first-order valence-corrected chi connectivity index (χ1v) is 8.14. The summed E-state index contributed by atoms with van der Waals surface area (Å²) >= 11 is 0. The third-order valence-electron chi connectivity index (χ3n) is 4.19. The first-order valence-electron chi connectivity index (χ1n) is 8.14. The average Bonchev–Trinajstić information content (AvgIpc) is 3.15. The Kier molecular flexibility index (Phi) is 5.59. The number of carbonyl (C=O) groups is 1. The molecule has 9 heteroatoms. The number of halogens is 1. The quantitative estimate of drug-likeness (QED) is 0.624. The third kappa shape index (κ3) is 4.24. The number of amides is 1. The Hall–Kier alpha value is -2.78. The zero-order chi connectivity index (χ0) is 18.5. The summed E-state index contributed by atoms with van der Waals surface area (Å²) in [6, 6.07) is 8.33. The lowest BCUT2D eigenvalue weighted by Gasteiger charge is -2.34. The summed E-state index contributed by atoms with van der Waals surface area (Å²) in [4.78, 5) is 24.3. The molecular formula is C17H18FN3O5. The second-order valence-corrected chi connectivity index (χ2v) is 5.82. The summed E-state index contributed by atoms with van der Waals surface area (Å²) in [6.45, 7) is 2.78. The van der Waals surface area contributed by atoms with E-state index in [1.807, 2.05) is 0 Å². The van der Waals surface area contributed by atoms with Crippen molar-refractivity contribution in [1.82, 2.24) is 10.2 Å². The number of nitrogens with one attached hydrogen (secondary N) is 1. The van der Waals surface area contributed by atoms with Gasteiger partial charge in [0.1, 0.15) is 10.7 Å². The Morgan fingerprint density at radius 1 is 1.23 bits per heavy atom. The maximum absolute atomic E-state index is 13.2. The lowest BCUT2D eigenvalue weighted by Crippen LogP contribution is -2.43. The molecule has 2 heterocycles. The van der Waals surface area contributed by atoms with Crippen molar-refractivity contribution >= 4 is 11.8 Å². The van der Waals surface area contributed by atoms with Gasteiger partial charge in [0.05, 0.1) is 25.3 Å². The van der Waals surface area contributed by atoms with Crippen molar-refractivity contribution in [2.75, 3.05) is 32.8 Å². The van der Waals surface area contributed by atoms with E-state index in [-0.39, 0.29) is 24.2 Å². The van der Waals surface area contributed by atoms with Crippen LogP contribution in [0.5, 0.6) is 0 Å². The van der Waals surface area contributed by atoms with Gasteiger partial charge in [-0.15, -0.1) is 0 Å². The fourth-order valence-corrected chi connectivity index (χ4v) is 2.86. The van der Waals surface area contributed by atoms with Crippen LogP contribution < -0.4 is 5.32 Å². The van der Waals surface area contributed by atoms with E-state index in [2.05, 4.69) is 10.2 Å². The van der Waals surface area contributed by atoms with Crippen LogP contribution in [0.25, 0.3) is 0 Å². The van der Waals surface area contributed by atoms with Gasteiger partial charge < -0.3 is 14.5 Å². The van der Waals surface area contributed by atoms with Gasteiger partial charge in [0, 0.05) is 19.6 Å². The molecule has 0 unspecified atom stereocenters. The highest BCUT2D eigenvalue weighted by molar-refractivity contribution is 5.91. The van der Waals surface area contributed by atoms with Crippen molar-refractivity contribution in [3.63, 3.8) is 0 Å². The van der Waals surface area contributed by atoms with Crippen LogP contribution >= 0.6 is 0 Å². The summed E-state index contributed by atoms with van der Waals surface area (Å²) in [5.74, 6) is -1.49. The molecule has 1 aromatic heterocycles. The maximum Gasteiger partial charge on any atom is 0.433 e. The average molecular weight is 363 g/mol. The van der Waals surface area contributed by atoms with Crippen LogP contribution in [-0.2, 0) is 4.74 Å². The summed E-state index contributed by atoms with van der Waals surface area (Å²) in [6.07, 6.45) is 0. The molecule has 1 aromatic carbocycles. The molecule has 1 aliphatic rings. The number of furan rings is 1. The van der Waals surface area contributed by atoms with E-state index in [1.54, 1.807) is 12.1 Å². The van der Waals surface area contributed by atoms with Crippen molar-refractivity contribution in [3.05, 3.63) is 63.7 Å². The van der Waals surface area contributed by atoms with Crippen LogP contribution in [0.15, 0.2) is 40.8 Å². The smallest absolute Gasteiger partial charge is 0.395 e. The van der Waals surface area contributed by atoms with E-state index in [0.29, 0.717) is 26.3 Å². The number of hydrogen-bond donors (Lipinski definition) is 1. The second kappa shape index (κ2) is 8.07. The first-order chi connectivity index (χ1) is 12.5. The molecule has 26 heavy (non-hydrogen) atoms. The van der Waals surface area contributed by atoms with Gasteiger partial charge in [-0.05, 0) is 23.8 Å². The molecule has 0 spiro atoms. The fourth-order valence-electron chi connectivity index (χ4n) is 2.86. The molecule has 0 aliphatic carbocycles. The molecule has 138 valence electrons. The van der Waals surface area contributed by atoms with E-state index in [4.69, 9.17) is 9.15 Å². The van der Waals surface area contributed by atoms with Gasteiger partial charge in [0.2, 0.25) is 0 Å². The molecule has 1 N–H and O–H groups in total. The molecule has 1 atom stereocenters. The van der Waals surface area contributed by atoms with E-state index in [9.17, 15) is 19.3 Å². The minimum absolute atomic E-state index is 0.128. The van der Waals surface area contributed by atoms with Crippen molar-refractivity contribution < 1.29 is 23.3 Å². The van der Waals surface area contributed by atoms with Crippen LogP contribution in [-0.4, -0.2) is 48.6 Å². The summed E-state index contributed by atoms with van der Waals surface area (Å²) in [7, 11) is 0. The number of morpholine rings is 1. The highest BCUT2D eigenvalue weighted by Gasteiger charge is 2.24. The largest absolute Gasteiger partial charge is 0.433 e. The first kappa shape index (κ1) is 18.0. The summed E-state index contributed by atoms with van der Waals surface area (Å²) in [5.41, 5.74) is 0.860. The van der Waals surface area contributed by atoms with Gasteiger partial charge in [-0.1, -0.05) is 12.1 Å². The Bertz CT molecular complexity index is 771. The summed E-state index contributed by atoms with van der Waals surface area (Å²) < 4.78 is 23.5. The van der Waals surface area contributed by atoms with E-state index >= 15 is 0 Å². The lowest BCUT2D eigenvalue weighted by atomic mass is 10.0. The predicted molar refractivity (Wildman–Crippen MR) is 89.2 cm³/mol. The topological polar surface area (TPSA) is 97.9 Å². The van der Waals surface area contributed by atoms with Crippen LogP contribution in [0.2, 0.25) is 0 Å². The highest BCUT2D eigenvalue weighted by Crippen LogP contribution is 2.22. The molecule has 3 rings (SSSR count). The minimum atomic E-state index is -0.703. The van der Waals surface area contributed by atoms with E-state index in [0.717, 1.165) is 11.6 Å². The Morgan fingerprint density at radius 3 is 2.54 bits per heavy atom. The van der Waals surface area contributed by atoms with Crippen LogP contribution in [0.1, 0.15) is 22.2 Å². The Labute approximate surface area is 148 Å². The number of carbonyl (C=O) groups excluding carboxylic acids is 1. The number of nitro groups is 1. The standard InChI is InChI=1S/C17H18FN3O5/c18-13-3-1-12(2-4-13)14(20-7-9-25-10-8-20)11-19-17(22)15-5-6-16(26-15)21(23)24/h1-6,14H,7-11H2,(H,19,22)/t14-/m0/s1. The third-order valence-corrected chi connectivity index (χ3v) is 4.19. The van der Waals surface area contributed by atoms with E-state index in [1.165, 1.54) is 18.2 Å². The van der Waals surface area contributed by atoms with Crippen molar-refractivity contribution in [3.8, 4) is 0 Å². The predicted octanol–water partition coefficient (Wildman–Crippen LogP) is 2.13. The molecule has 2 aromatic rings. The van der Waals surface area contributed by atoms with Crippen LogP contribution in [0.4, 0.5) is 10.3 Å². The molecule has 0 saturated carbocycles. The van der Waals surface area contributed by atoms with Gasteiger partial charge in [-0.3, -0.25) is 19.8 Å². The van der Waals surface area contributed by atoms with Crippen molar-refractivity contribution in [2.45, 2.75) is 6.04 Å². The number of nitrogens with zero attached hydrogens (tertiary/aromatic N) is 2. The molecule has 1 amide bonds. The highest BCUT2D eigenvalue weighted by atomic mass is 19.1. The van der Waals surface area contributed by atoms with Crippen LogP contribution in [0.3, 0.4) is 0 Å². The zero-order valence-corrected chi connectivity index (χ0v) is 13.9. The van der Waals surface area contributed by atoms with E-state index < -0.39 is 16.7 Å². The number of rotatable bonds is 6. The van der Waals surface area contributed by atoms with Crippen molar-refractivity contribution in [1.29, 1.82) is 0 Å².